The summed E-state index contributed by atoms with van der Waals surface area (Å²) in [7, 11) is 0. The maximum absolute atomic E-state index is 12.7. The third kappa shape index (κ3) is 4.46. The van der Waals surface area contributed by atoms with Gasteiger partial charge in [-0.25, -0.2) is 4.39 Å². The molecule has 1 aromatic carbocycles. The molecule has 0 atom stereocenters. The predicted octanol–water partition coefficient (Wildman–Crippen LogP) is 4.58. The van der Waals surface area contributed by atoms with Crippen molar-refractivity contribution < 1.29 is 4.39 Å². The van der Waals surface area contributed by atoms with Gasteiger partial charge < -0.3 is 0 Å². The molecule has 0 N–H and O–H groups in total. The molecule has 0 saturated carbocycles. The van der Waals surface area contributed by atoms with Gasteiger partial charge in [0.2, 0.25) is 0 Å². The lowest BCUT2D eigenvalue weighted by molar-refractivity contribution is 0.438. The molecule has 1 heteroatoms. The van der Waals surface area contributed by atoms with E-state index in [0.29, 0.717) is 0 Å². The molecule has 0 aromatic heterocycles. The molecule has 0 radical (unpaired) electrons. The average molecular weight is 208 g/mol. The quantitative estimate of drug-likeness (QED) is 0.641. The van der Waals surface area contributed by atoms with Crippen LogP contribution in [0.4, 0.5) is 4.39 Å². The second-order valence-corrected chi connectivity index (χ2v) is 4.27. The molecule has 0 aliphatic rings. The van der Waals surface area contributed by atoms with Gasteiger partial charge in [0.05, 0.1) is 0 Å². The van der Waals surface area contributed by atoms with Gasteiger partial charge in [0.1, 0.15) is 5.82 Å². The molecular weight excluding hydrogens is 187 g/mol. The van der Waals surface area contributed by atoms with Crippen LogP contribution in [0.25, 0.3) is 0 Å². The first-order valence-corrected chi connectivity index (χ1v) is 6.00. The summed E-state index contributed by atoms with van der Waals surface area (Å²) in [5.74, 6) is 0.631. The molecule has 0 spiro atoms. The third-order valence-electron chi connectivity index (χ3n) is 2.83. The molecule has 0 nitrogen and oxygen atoms in total. The SMILES string of the molecule is CCCC(CCC)Cc1ccc(F)cc1. The first kappa shape index (κ1) is 12.2. The topological polar surface area (TPSA) is 0 Å². The van der Waals surface area contributed by atoms with Gasteiger partial charge in [0.25, 0.3) is 0 Å². The highest BCUT2D eigenvalue weighted by atomic mass is 19.1. The van der Waals surface area contributed by atoms with Gasteiger partial charge in [-0.1, -0.05) is 51.7 Å². The molecule has 1 rings (SSSR count). The van der Waals surface area contributed by atoms with Gasteiger partial charge >= 0.3 is 0 Å². The smallest absolute Gasteiger partial charge is 0.123 e. The van der Waals surface area contributed by atoms with Crippen molar-refractivity contribution in [2.24, 2.45) is 5.92 Å². The molecule has 1 aromatic rings. The maximum atomic E-state index is 12.7. The van der Waals surface area contributed by atoms with Crippen LogP contribution in [0.5, 0.6) is 0 Å². The largest absolute Gasteiger partial charge is 0.207 e. The van der Waals surface area contributed by atoms with Gasteiger partial charge in [0.15, 0.2) is 0 Å². The molecule has 0 heterocycles. The minimum atomic E-state index is -0.138. The molecule has 0 saturated heterocycles. The standard InChI is InChI=1S/C14H21F/c1-3-5-12(6-4-2)11-13-7-9-14(15)10-8-13/h7-10,12H,3-6,11H2,1-2H3. The average Bonchev–Trinajstić information content (AvgIpc) is 2.22. The van der Waals surface area contributed by atoms with Crippen molar-refractivity contribution in [3.8, 4) is 0 Å². The van der Waals surface area contributed by atoms with E-state index in [9.17, 15) is 4.39 Å². The number of rotatable bonds is 6. The Labute approximate surface area is 92.5 Å². The second kappa shape index (κ2) is 6.60. The summed E-state index contributed by atoms with van der Waals surface area (Å²) in [4.78, 5) is 0. The van der Waals surface area contributed by atoms with E-state index in [0.717, 1.165) is 12.3 Å². The zero-order valence-electron chi connectivity index (χ0n) is 9.80. The van der Waals surface area contributed by atoms with Crippen LogP contribution >= 0.6 is 0 Å². The summed E-state index contributed by atoms with van der Waals surface area (Å²) in [6.45, 7) is 4.46. The summed E-state index contributed by atoms with van der Waals surface area (Å²) in [5.41, 5.74) is 1.27. The first-order chi connectivity index (χ1) is 7.26. The first-order valence-electron chi connectivity index (χ1n) is 6.00. The van der Waals surface area contributed by atoms with E-state index in [4.69, 9.17) is 0 Å². The number of benzene rings is 1. The third-order valence-corrected chi connectivity index (χ3v) is 2.83. The fourth-order valence-corrected chi connectivity index (χ4v) is 2.12. The lowest BCUT2D eigenvalue weighted by atomic mass is 9.91. The highest BCUT2D eigenvalue weighted by molar-refractivity contribution is 5.16. The Kier molecular flexibility index (Phi) is 5.38. The van der Waals surface area contributed by atoms with Crippen LogP contribution in [-0.4, -0.2) is 0 Å². The van der Waals surface area contributed by atoms with Crippen molar-refractivity contribution in [1.82, 2.24) is 0 Å². The van der Waals surface area contributed by atoms with Crippen molar-refractivity contribution in [3.63, 3.8) is 0 Å². The zero-order chi connectivity index (χ0) is 11.1. The van der Waals surface area contributed by atoms with Crippen molar-refractivity contribution in [2.75, 3.05) is 0 Å². The molecule has 15 heavy (non-hydrogen) atoms. The minimum absolute atomic E-state index is 0.138. The Morgan fingerprint density at radius 2 is 1.53 bits per heavy atom. The van der Waals surface area contributed by atoms with Crippen molar-refractivity contribution >= 4 is 0 Å². The Morgan fingerprint density at radius 3 is 2.00 bits per heavy atom. The van der Waals surface area contributed by atoms with Crippen LogP contribution in [-0.2, 0) is 6.42 Å². The van der Waals surface area contributed by atoms with E-state index < -0.39 is 0 Å². The maximum Gasteiger partial charge on any atom is 0.123 e. The molecule has 0 unspecified atom stereocenters. The van der Waals surface area contributed by atoms with Crippen LogP contribution < -0.4 is 0 Å². The van der Waals surface area contributed by atoms with Crippen molar-refractivity contribution in [1.29, 1.82) is 0 Å². The van der Waals surface area contributed by atoms with E-state index in [2.05, 4.69) is 13.8 Å². The van der Waals surface area contributed by atoms with Crippen molar-refractivity contribution in [2.45, 2.75) is 46.0 Å². The highest BCUT2D eigenvalue weighted by Gasteiger charge is 2.07. The Morgan fingerprint density at radius 1 is 1.00 bits per heavy atom. The predicted molar refractivity (Wildman–Crippen MR) is 63.4 cm³/mol. The number of hydrogen-bond donors (Lipinski definition) is 0. The second-order valence-electron chi connectivity index (χ2n) is 4.27. The highest BCUT2D eigenvalue weighted by Crippen LogP contribution is 2.19. The van der Waals surface area contributed by atoms with Gasteiger partial charge in [-0.2, -0.15) is 0 Å². The fourth-order valence-electron chi connectivity index (χ4n) is 2.12. The van der Waals surface area contributed by atoms with Gasteiger partial charge in [-0.05, 0) is 30.0 Å². The van der Waals surface area contributed by atoms with Crippen LogP contribution in [0.3, 0.4) is 0 Å². The Hall–Kier alpha value is -0.850. The van der Waals surface area contributed by atoms with Crippen LogP contribution in [0.2, 0.25) is 0 Å². The van der Waals surface area contributed by atoms with Gasteiger partial charge in [-0.15, -0.1) is 0 Å². The van der Waals surface area contributed by atoms with Gasteiger partial charge in [0, 0.05) is 0 Å². The minimum Gasteiger partial charge on any atom is -0.207 e. The fraction of sp³-hybridized carbons (Fsp3) is 0.571. The molecule has 0 aliphatic carbocycles. The molecule has 0 amide bonds. The lowest BCUT2D eigenvalue weighted by Crippen LogP contribution is -2.04. The Bertz CT molecular complexity index is 257. The number of hydrogen-bond acceptors (Lipinski definition) is 0. The van der Waals surface area contributed by atoms with E-state index in [1.54, 1.807) is 12.1 Å². The van der Waals surface area contributed by atoms with E-state index >= 15 is 0 Å². The summed E-state index contributed by atoms with van der Waals surface area (Å²) < 4.78 is 12.7. The van der Waals surface area contributed by atoms with Crippen LogP contribution in [0.15, 0.2) is 24.3 Å². The molecular formula is C14H21F. The van der Waals surface area contributed by atoms with Gasteiger partial charge in [-0.3, -0.25) is 0 Å². The van der Waals surface area contributed by atoms with E-state index in [1.807, 2.05) is 12.1 Å². The monoisotopic (exact) mass is 208 g/mol. The summed E-state index contributed by atoms with van der Waals surface area (Å²) in [6, 6.07) is 6.94. The molecule has 0 aliphatic heterocycles. The Balaban J connectivity index is 2.53. The summed E-state index contributed by atoms with van der Waals surface area (Å²) in [6.07, 6.45) is 6.15. The molecule has 0 bridgehead atoms. The van der Waals surface area contributed by atoms with Crippen molar-refractivity contribution in [3.05, 3.63) is 35.6 Å². The number of halogens is 1. The molecule has 0 fully saturated rings. The summed E-state index contributed by atoms with van der Waals surface area (Å²) in [5, 5.41) is 0. The molecule has 84 valence electrons. The van der Waals surface area contributed by atoms with Crippen LogP contribution in [0.1, 0.15) is 45.1 Å². The van der Waals surface area contributed by atoms with E-state index in [-0.39, 0.29) is 5.82 Å². The van der Waals surface area contributed by atoms with Crippen LogP contribution in [0, 0.1) is 11.7 Å². The zero-order valence-corrected chi connectivity index (χ0v) is 9.80. The normalized spacial score (nSPS) is 10.9. The summed E-state index contributed by atoms with van der Waals surface area (Å²) >= 11 is 0. The van der Waals surface area contributed by atoms with E-state index in [1.165, 1.54) is 31.2 Å². The lowest BCUT2D eigenvalue weighted by Gasteiger charge is -2.14.